The second-order valence-corrected chi connectivity index (χ2v) is 16.7. The minimum atomic E-state index is -1.06. The van der Waals surface area contributed by atoms with E-state index in [9.17, 15) is 24.0 Å². The van der Waals surface area contributed by atoms with Gasteiger partial charge in [0.25, 0.3) is 0 Å². The van der Waals surface area contributed by atoms with Gasteiger partial charge in [-0.25, -0.2) is 4.79 Å². The second-order valence-electron chi connectivity index (χ2n) is 15.3. The minimum Gasteiger partial charge on any atom is -0.467 e. The monoisotopic (exact) mass is 781 g/mol. The number of para-hydroxylation sites is 1. The molecule has 3 aliphatic heterocycles. The van der Waals surface area contributed by atoms with Crippen molar-refractivity contribution in [1.82, 2.24) is 15.5 Å². The van der Waals surface area contributed by atoms with Crippen LogP contribution in [0, 0.1) is 11.8 Å². The van der Waals surface area contributed by atoms with Crippen LogP contribution in [0.5, 0.6) is 0 Å². The number of thioether (sulfide) groups is 1. The summed E-state index contributed by atoms with van der Waals surface area (Å²) in [5.74, 6) is -2.07. The van der Waals surface area contributed by atoms with Gasteiger partial charge in [0.2, 0.25) is 23.6 Å². The standard InChI is InChI=1S/C44H55N5O6S/c1-55-43(54)38-22-14-26-44(45)49(38)42(53)37(25-28-56-44)47-40(51)34(30-32-17-8-3-9-18-32)24-23-33(29-31-15-6-2-7-16-31)39(50)46-36-21-12-5-13-27-48(41(36)52)35-19-10-4-11-20-35/h2-4,6-11,15-20,33-34,36-38H,5,12-14,21-30,45H2,1H3,(H,46,50)(H,47,51). The summed E-state index contributed by atoms with van der Waals surface area (Å²) in [4.78, 5) is 71.9. The molecular weight excluding hydrogens is 727 g/mol. The van der Waals surface area contributed by atoms with Crippen LogP contribution < -0.4 is 21.3 Å². The normalized spacial score (nSPS) is 24.1. The van der Waals surface area contributed by atoms with Crippen molar-refractivity contribution >= 4 is 47.0 Å². The highest BCUT2D eigenvalue weighted by molar-refractivity contribution is 8.00. The molecule has 0 aliphatic carbocycles. The van der Waals surface area contributed by atoms with E-state index in [-0.39, 0.29) is 23.6 Å². The first-order valence-electron chi connectivity index (χ1n) is 20.1. The largest absolute Gasteiger partial charge is 0.467 e. The number of rotatable bonds is 13. The molecule has 3 heterocycles. The fourth-order valence-electron chi connectivity index (χ4n) is 8.33. The zero-order valence-electron chi connectivity index (χ0n) is 32.3. The summed E-state index contributed by atoms with van der Waals surface area (Å²) in [5, 5.41) is 6.22. The van der Waals surface area contributed by atoms with Gasteiger partial charge < -0.3 is 20.3 Å². The topological polar surface area (TPSA) is 151 Å². The third kappa shape index (κ3) is 10.2. The Morgan fingerprint density at radius 1 is 0.750 bits per heavy atom. The van der Waals surface area contributed by atoms with E-state index in [2.05, 4.69) is 10.6 Å². The molecule has 0 radical (unpaired) electrons. The molecule has 4 N–H and O–H groups in total. The molecule has 12 heteroatoms. The van der Waals surface area contributed by atoms with Gasteiger partial charge >= 0.3 is 5.97 Å². The lowest BCUT2D eigenvalue weighted by Crippen LogP contribution is -2.66. The third-order valence-electron chi connectivity index (χ3n) is 11.4. The van der Waals surface area contributed by atoms with Crippen LogP contribution in [0.25, 0.3) is 0 Å². The van der Waals surface area contributed by atoms with Crippen molar-refractivity contribution in [3.05, 3.63) is 102 Å². The van der Waals surface area contributed by atoms with Gasteiger partial charge in [0, 0.05) is 24.1 Å². The summed E-state index contributed by atoms with van der Waals surface area (Å²) < 4.78 is 5.06. The van der Waals surface area contributed by atoms with E-state index in [0.29, 0.717) is 70.1 Å². The maximum absolute atomic E-state index is 14.4. The SMILES string of the molecule is COC(=O)C1CCCC2(N)SCCC(NC(=O)C(CCC(Cc3ccccc3)C(=O)NC3CCCCCN(c4ccccc4)C3=O)Cc3ccccc3)C(=O)N12. The van der Waals surface area contributed by atoms with Crippen molar-refractivity contribution in [3.8, 4) is 0 Å². The molecule has 3 aromatic carbocycles. The molecule has 298 valence electrons. The molecule has 3 aromatic rings. The number of ether oxygens (including phenoxy) is 1. The predicted octanol–water partition coefficient (Wildman–Crippen LogP) is 5.36. The Morgan fingerprint density at radius 2 is 1.30 bits per heavy atom. The number of piperidine rings is 1. The van der Waals surface area contributed by atoms with Crippen molar-refractivity contribution in [2.45, 2.75) is 100 Å². The van der Waals surface area contributed by atoms with Gasteiger partial charge in [-0.05, 0) is 93.2 Å². The first-order valence-corrected chi connectivity index (χ1v) is 21.0. The number of carbonyl (C=O) groups is 5. The maximum atomic E-state index is 14.4. The Morgan fingerprint density at radius 3 is 1.88 bits per heavy atom. The number of nitrogens with two attached hydrogens (primary N) is 1. The fourth-order valence-corrected chi connectivity index (χ4v) is 9.68. The highest BCUT2D eigenvalue weighted by atomic mass is 32.2. The number of esters is 1. The summed E-state index contributed by atoms with van der Waals surface area (Å²) in [5.41, 5.74) is 9.55. The van der Waals surface area contributed by atoms with Gasteiger partial charge in [0.1, 0.15) is 23.1 Å². The number of hydrogen-bond acceptors (Lipinski definition) is 8. The molecule has 0 bridgehead atoms. The number of nitrogens with one attached hydrogen (secondary N) is 2. The molecule has 11 nitrogen and oxygen atoms in total. The average Bonchev–Trinajstić information content (AvgIpc) is 3.34. The highest BCUT2D eigenvalue weighted by Crippen LogP contribution is 2.40. The lowest BCUT2D eigenvalue weighted by atomic mass is 9.86. The van der Waals surface area contributed by atoms with Crippen molar-refractivity contribution in [3.63, 3.8) is 0 Å². The molecule has 56 heavy (non-hydrogen) atoms. The number of methoxy groups -OCH3 is 1. The van der Waals surface area contributed by atoms with Crippen molar-refractivity contribution < 1.29 is 28.7 Å². The number of benzene rings is 3. The minimum absolute atomic E-state index is 0.111. The summed E-state index contributed by atoms with van der Waals surface area (Å²) in [6.45, 7) is 0.592. The molecule has 0 spiro atoms. The molecule has 0 aromatic heterocycles. The third-order valence-corrected chi connectivity index (χ3v) is 12.7. The highest BCUT2D eigenvalue weighted by Gasteiger charge is 2.50. The van der Waals surface area contributed by atoms with E-state index in [4.69, 9.17) is 10.5 Å². The first-order chi connectivity index (χ1) is 27.2. The Labute approximate surface area is 334 Å². The zero-order valence-corrected chi connectivity index (χ0v) is 33.1. The predicted molar refractivity (Wildman–Crippen MR) is 218 cm³/mol. The molecule has 0 saturated carbocycles. The lowest BCUT2D eigenvalue weighted by Gasteiger charge is -2.47. The molecule has 6 rings (SSSR count). The number of hydrogen-bond donors (Lipinski definition) is 3. The fraction of sp³-hybridized carbons (Fsp3) is 0.477. The maximum Gasteiger partial charge on any atom is 0.328 e. The first kappa shape index (κ1) is 41.0. The van der Waals surface area contributed by atoms with Crippen LogP contribution in [-0.4, -0.2) is 77.0 Å². The second kappa shape index (κ2) is 19.5. The molecular formula is C44H55N5O6S. The number of nitrogens with zero attached hydrogens (tertiary/aromatic N) is 2. The smallest absolute Gasteiger partial charge is 0.328 e. The van der Waals surface area contributed by atoms with E-state index in [0.717, 1.165) is 36.1 Å². The molecule has 3 fully saturated rings. The number of fused-ring (bicyclic) bond motifs is 1. The summed E-state index contributed by atoms with van der Waals surface area (Å²) in [7, 11) is 1.30. The van der Waals surface area contributed by atoms with Crippen LogP contribution in [0.1, 0.15) is 75.3 Å². The van der Waals surface area contributed by atoms with Gasteiger partial charge in [-0.15, -0.1) is 11.8 Å². The van der Waals surface area contributed by atoms with Crippen molar-refractivity contribution in [2.75, 3.05) is 24.3 Å². The van der Waals surface area contributed by atoms with Crippen LogP contribution in [0.15, 0.2) is 91.0 Å². The molecule has 6 unspecified atom stereocenters. The van der Waals surface area contributed by atoms with Gasteiger partial charge in [-0.3, -0.25) is 29.8 Å². The van der Waals surface area contributed by atoms with E-state index < -0.39 is 40.9 Å². The van der Waals surface area contributed by atoms with E-state index in [1.165, 1.54) is 23.8 Å². The van der Waals surface area contributed by atoms with Crippen LogP contribution >= 0.6 is 11.8 Å². The molecule has 3 saturated heterocycles. The van der Waals surface area contributed by atoms with E-state index >= 15 is 0 Å². The summed E-state index contributed by atoms with van der Waals surface area (Å²) in [6.07, 6.45) is 6.87. The molecule has 6 atom stereocenters. The van der Waals surface area contributed by atoms with Gasteiger partial charge in [-0.1, -0.05) is 91.7 Å². The average molecular weight is 782 g/mol. The van der Waals surface area contributed by atoms with Crippen LogP contribution in [0.3, 0.4) is 0 Å². The van der Waals surface area contributed by atoms with E-state index in [1.807, 2.05) is 91.0 Å². The van der Waals surface area contributed by atoms with Crippen molar-refractivity contribution in [1.29, 1.82) is 0 Å². The Balaban J connectivity index is 1.21. The Hall–Kier alpha value is -4.68. The van der Waals surface area contributed by atoms with Crippen LogP contribution in [0.4, 0.5) is 5.69 Å². The van der Waals surface area contributed by atoms with Gasteiger partial charge in [0.05, 0.1) is 7.11 Å². The number of amides is 4. The van der Waals surface area contributed by atoms with Gasteiger partial charge in [-0.2, -0.15) is 0 Å². The summed E-state index contributed by atoms with van der Waals surface area (Å²) >= 11 is 1.43. The molecule has 4 amide bonds. The lowest BCUT2D eigenvalue weighted by molar-refractivity contribution is -0.159. The Bertz CT molecular complexity index is 1800. The van der Waals surface area contributed by atoms with Crippen LogP contribution in [-0.2, 0) is 41.6 Å². The van der Waals surface area contributed by atoms with Gasteiger partial charge in [0.15, 0.2) is 0 Å². The van der Waals surface area contributed by atoms with Crippen LogP contribution in [0.2, 0.25) is 0 Å². The number of anilines is 1. The zero-order chi connectivity index (χ0) is 39.5. The van der Waals surface area contributed by atoms with Crippen molar-refractivity contribution in [2.24, 2.45) is 17.6 Å². The number of carbonyl (C=O) groups excluding carboxylic acids is 5. The quantitative estimate of drug-likeness (QED) is 0.196. The van der Waals surface area contributed by atoms with E-state index in [1.54, 1.807) is 4.90 Å². The summed E-state index contributed by atoms with van der Waals surface area (Å²) in [6, 6.07) is 26.7. The Kier molecular flexibility index (Phi) is 14.2. The molecule has 3 aliphatic rings.